The maximum absolute atomic E-state index is 12.0. The van der Waals surface area contributed by atoms with Gasteiger partial charge in [-0.2, -0.15) is 0 Å². The summed E-state index contributed by atoms with van der Waals surface area (Å²) in [4.78, 5) is 16.6. The molecule has 1 saturated heterocycles. The number of benzene rings is 1. The van der Waals surface area contributed by atoms with Gasteiger partial charge in [-0.3, -0.25) is 4.79 Å². The van der Waals surface area contributed by atoms with E-state index in [0.717, 1.165) is 42.3 Å². The van der Waals surface area contributed by atoms with Gasteiger partial charge in [0.2, 0.25) is 5.91 Å². The molecule has 1 aliphatic rings. The number of carbonyl (C=O) groups excluding carboxylic acids is 1. The highest BCUT2D eigenvalue weighted by atomic mass is 35.5. The molecule has 0 spiro atoms. The Morgan fingerprint density at radius 2 is 2.13 bits per heavy atom. The lowest BCUT2D eigenvalue weighted by Crippen LogP contribution is -2.43. The van der Waals surface area contributed by atoms with Crippen LogP contribution in [0.25, 0.3) is 10.2 Å². The number of thioether (sulfide) groups is 1. The van der Waals surface area contributed by atoms with Crippen LogP contribution in [0.5, 0.6) is 0 Å². The van der Waals surface area contributed by atoms with E-state index in [2.05, 4.69) is 28.6 Å². The number of hydrogen-bond donors (Lipinski definition) is 2. The van der Waals surface area contributed by atoms with Gasteiger partial charge in [-0.1, -0.05) is 30.8 Å². The Morgan fingerprint density at radius 3 is 2.87 bits per heavy atom. The van der Waals surface area contributed by atoms with Crippen molar-refractivity contribution in [3.63, 3.8) is 0 Å². The van der Waals surface area contributed by atoms with E-state index in [0.29, 0.717) is 5.75 Å². The highest BCUT2D eigenvalue weighted by Gasteiger charge is 2.26. The van der Waals surface area contributed by atoms with E-state index in [1.807, 2.05) is 18.2 Å². The molecule has 2 aromatic rings. The van der Waals surface area contributed by atoms with Crippen molar-refractivity contribution in [1.29, 1.82) is 0 Å². The molecule has 0 unspecified atom stereocenters. The highest BCUT2D eigenvalue weighted by molar-refractivity contribution is 8.01. The van der Waals surface area contributed by atoms with E-state index in [1.54, 1.807) is 11.3 Å². The second kappa shape index (κ2) is 8.33. The fourth-order valence-electron chi connectivity index (χ4n) is 2.61. The molecule has 1 amide bonds. The third-order valence-corrected chi connectivity index (χ3v) is 6.30. The number of rotatable bonds is 5. The number of nitrogens with zero attached hydrogens (tertiary/aromatic N) is 1. The standard InChI is InChI=1S/C16H21N3OS2.ClH/c1-16(6-8-17-9-7-16)11-18-14(20)10-21-15-19-12-4-2-3-5-13(12)22-15;/h2-5,17H,6-11H2,1H3,(H,18,20);1H. The van der Waals surface area contributed by atoms with Crippen molar-refractivity contribution in [3.8, 4) is 0 Å². The van der Waals surface area contributed by atoms with Crippen molar-refractivity contribution < 1.29 is 4.79 Å². The zero-order valence-electron chi connectivity index (χ0n) is 13.1. The minimum absolute atomic E-state index is 0. The van der Waals surface area contributed by atoms with Gasteiger partial charge in [0.05, 0.1) is 16.0 Å². The van der Waals surface area contributed by atoms with Crippen LogP contribution in [0.3, 0.4) is 0 Å². The van der Waals surface area contributed by atoms with Crippen LogP contribution in [0.2, 0.25) is 0 Å². The molecule has 0 aliphatic carbocycles. The van der Waals surface area contributed by atoms with Crippen molar-refractivity contribution in [1.82, 2.24) is 15.6 Å². The van der Waals surface area contributed by atoms with Gasteiger partial charge in [0, 0.05) is 6.54 Å². The minimum Gasteiger partial charge on any atom is -0.355 e. The molecule has 0 atom stereocenters. The first-order chi connectivity index (χ1) is 10.6. The topological polar surface area (TPSA) is 54.0 Å². The molecule has 126 valence electrons. The molecule has 0 radical (unpaired) electrons. The van der Waals surface area contributed by atoms with Crippen molar-refractivity contribution >= 4 is 51.6 Å². The van der Waals surface area contributed by atoms with E-state index in [1.165, 1.54) is 16.5 Å². The molecule has 3 rings (SSSR count). The van der Waals surface area contributed by atoms with Gasteiger partial charge in [0.15, 0.2) is 4.34 Å². The smallest absolute Gasteiger partial charge is 0.230 e. The Morgan fingerprint density at radius 1 is 1.39 bits per heavy atom. The Hall–Kier alpha value is -0.820. The number of fused-ring (bicyclic) bond motifs is 1. The lowest BCUT2D eigenvalue weighted by molar-refractivity contribution is -0.119. The summed E-state index contributed by atoms with van der Waals surface area (Å²) >= 11 is 3.17. The molecular weight excluding hydrogens is 350 g/mol. The highest BCUT2D eigenvalue weighted by Crippen LogP contribution is 2.29. The van der Waals surface area contributed by atoms with E-state index in [4.69, 9.17) is 0 Å². The summed E-state index contributed by atoms with van der Waals surface area (Å²) in [5.41, 5.74) is 1.25. The van der Waals surface area contributed by atoms with Crippen molar-refractivity contribution in [2.24, 2.45) is 5.41 Å². The normalized spacial score (nSPS) is 16.7. The second-order valence-corrected chi connectivity index (χ2v) is 8.33. The van der Waals surface area contributed by atoms with Gasteiger partial charge >= 0.3 is 0 Å². The van der Waals surface area contributed by atoms with E-state index < -0.39 is 0 Å². The average Bonchev–Trinajstić information content (AvgIpc) is 2.95. The molecule has 2 heterocycles. The fraction of sp³-hybridized carbons (Fsp3) is 0.500. The van der Waals surface area contributed by atoms with Gasteiger partial charge in [0.25, 0.3) is 0 Å². The lowest BCUT2D eigenvalue weighted by atomic mass is 9.81. The Bertz CT molecular complexity index is 623. The molecule has 23 heavy (non-hydrogen) atoms. The number of amides is 1. The quantitative estimate of drug-likeness (QED) is 0.791. The molecular formula is C16H22ClN3OS2. The van der Waals surface area contributed by atoms with E-state index >= 15 is 0 Å². The largest absolute Gasteiger partial charge is 0.355 e. The molecule has 1 fully saturated rings. The number of nitrogens with one attached hydrogen (secondary N) is 2. The summed E-state index contributed by atoms with van der Waals surface area (Å²) < 4.78 is 2.14. The van der Waals surface area contributed by atoms with Gasteiger partial charge in [-0.15, -0.1) is 23.7 Å². The van der Waals surface area contributed by atoms with Crippen molar-refractivity contribution in [3.05, 3.63) is 24.3 Å². The van der Waals surface area contributed by atoms with Crippen LogP contribution < -0.4 is 10.6 Å². The van der Waals surface area contributed by atoms with Crippen molar-refractivity contribution in [2.75, 3.05) is 25.4 Å². The zero-order chi connectivity index (χ0) is 15.4. The zero-order valence-corrected chi connectivity index (χ0v) is 15.6. The van der Waals surface area contributed by atoms with Crippen LogP contribution in [0.4, 0.5) is 0 Å². The predicted molar refractivity (Wildman–Crippen MR) is 101 cm³/mol. The molecule has 0 saturated carbocycles. The summed E-state index contributed by atoms with van der Waals surface area (Å²) in [6, 6.07) is 8.08. The molecule has 7 heteroatoms. The van der Waals surface area contributed by atoms with Gasteiger partial charge in [-0.05, 0) is 43.5 Å². The van der Waals surface area contributed by atoms with E-state index in [-0.39, 0.29) is 23.7 Å². The molecule has 4 nitrogen and oxygen atoms in total. The number of para-hydroxylation sites is 1. The van der Waals surface area contributed by atoms with Crippen LogP contribution in [-0.4, -0.2) is 36.3 Å². The van der Waals surface area contributed by atoms with Crippen LogP contribution in [0.15, 0.2) is 28.6 Å². The first kappa shape index (κ1) is 18.5. The molecule has 1 aliphatic heterocycles. The Kier molecular flexibility index (Phi) is 6.71. The first-order valence-electron chi connectivity index (χ1n) is 7.60. The lowest BCUT2D eigenvalue weighted by Gasteiger charge is -2.34. The third kappa shape index (κ3) is 5.08. The van der Waals surface area contributed by atoms with Crippen LogP contribution in [0.1, 0.15) is 19.8 Å². The maximum atomic E-state index is 12.0. The van der Waals surface area contributed by atoms with Gasteiger partial charge < -0.3 is 10.6 Å². The Labute approximate surface area is 151 Å². The number of halogens is 1. The van der Waals surface area contributed by atoms with Gasteiger partial charge in [-0.25, -0.2) is 4.98 Å². The summed E-state index contributed by atoms with van der Waals surface area (Å²) in [7, 11) is 0. The fourth-order valence-corrected chi connectivity index (χ4v) is 4.51. The number of piperidine rings is 1. The third-order valence-electron chi connectivity index (χ3n) is 4.12. The van der Waals surface area contributed by atoms with Crippen LogP contribution >= 0.6 is 35.5 Å². The number of hydrogen-bond acceptors (Lipinski definition) is 5. The first-order valence-corrected chi connectivity index (χ1v) is 9.41. The summed E-state index contributed by atoms with van der Waals surface area (Å²) in [5, 5.41) is 6.45. The van der Waals surface area contributed by atoms with Crippen LogP contribution in [-0.2, 0) is 4.79 Å². The molecule has 1 aromatic carbocycles. The monoisotopic (exact) mass is 371 g/mol. The number of thiazole rings is 1. The summed E-state index contributed by atoms with van der Waals surface area (Å²) in [6.45, 7) is 5.13. The van der Waals surface area contributed by atoms with Gasteiger partial charge in [0.1, 0.15) is 0 Å². The average molecular weight is 372 g/mol. The number of carbonyl (C=O) groups is 1. The molecule has 2 N–H and O–H groups in total. The molecule has 1 aromatic heterocycles. The maximum Gasteiger partial charge on any atom is 0.230 e. The minimum atomic E-state index is 0. The molecule has 0 bridgehead atoms. The predicted octanol–water partition coefficient (Wildman–Crippen LogP) is 3.32. The summed E-state index contributed by atoms with van der Waals surface area (Å²) in [6.07, 6.45) is 2.25. The van der Waals surface area contributed by atoms with Crippen molar-refractivity contribution in [2.45, 2.75) is 24.1 Å². The number of aromatic nitrogens is 1. The summed E-state index contributed by atoms with van der Waals surface area (Å²) in [5.74, 6) is 0.540. The van der Waals surface area contributed by atoms with Crippen LogP contribution in [0, 0.1) is 5.41 Å². The Balaban J connectivity index is 0.00000192. The SMILES string of the molecule is CC1(CNC(=O)CSc2nc3ccccc3s2)CCNCC1.Cl. The van der Waals surface area contributed by atoms with E-state index in [9.17, 15) is 4.79 Å². The second-order valence-electron chi connectivity index (χ2n) is 6.07.